The number of anilines is 1. The van der Waals surface area contributed by atoms with E-state index in [1.54, 1.807) is 32.1 Å². The second kappa shape index (κ2) is 9.70. The van der Waals surface area contributed by atoms with Crippen LogP contribution in [0.2, 0.25) is 0 Å². The first-order valence-electron chi connectivity index (χ1n) is 11.2. The summed E-state index contributed by atoms with van der Waals surface area (Å²) >= 11 is 0. The Morgan fingerprint density at radius 3 is 2.58 bits per heavy atom. The van der Waals surface area contributed by atoms with Crippen molar-refractivity contribution in [2.45, 2.75) is 32.4 Å². The molecule has 0 spiro atoms. The molecule has 0 saturated carbocycles. The summed E-state index contributed by atoms with van der Waals surface area (Å²) in [4.78, 5) is 29.6. The zero-order valence-electron chi connectivity index (χ0n) is 19.5. The molecule has 0 N–H and O–H groups in total. The number of hydrogen-bond donors (Lipinski definition) is 0. The molecule has 1 amide bonds. The average molecular weight is 455 g/mol. The minimum absolute atomic E-state index is 0.0228. The van der Waals surface area contributed by atoms with Crippen molar-refractivity contribution in [3.63, 3.8) is 0 Å². The highest BCUT2D eigenvalue weighted by atomic mass is 16.6. The van der Waals surface area contributed by atoms with Crippen LogP contribution in [0.1, 0.15) is 31.0 Å². The van der Waals surface area contributed by atoms with Gasteiger partial charge in [-0.1, -0.05) is 12.1 Å². The molecular weight excluding hydrogens is 424 g/mol. The second-order valence-corrected chi connectivity index (χ2v) is 8.13. The number of hydrogen-bond acceptors (Lipinski definition) is 7. The molecule has 176 valence electrons. The molecule has 2 aliphatic rings. The lowest BCUT2D eigenvalue weighted by molar-refractivity contribution is -0.151. The molecular formula is C25H30N2O6. The Morgan fingerprint density at radius 1 is 1.12 bits per heavy atom. The highest BCUT2D eigenvalue weighted by Crippen LogP contribution is 2.38. The van der Waals surface area contributed by atoms with Crippen molar-refractivity contribution in [1.82, 2.24) is 4.90 Å². The number of amides is 1. The fraction of sp³-hybridized carbons (Fsp3) is 0.440. The minimum atomic E-state index is -0.847. The van der Waals surface area contributed by atoms with E-state index in [1.807, 2.05) is 30.3 Å². The molecule has 0 fully saturated rings. The largest absolute Gasteiger partial charge is 0.493 e. The molecule has 2 aromatic rings. The maximum absolute atomic E-state index is 13.5. The van der Waals surface area contributed by atoms with Crippen LogP contribution >= 0.6 is 0 Å². The van der Waals surface area contributed by atoms with Crippen molar-refractivity contribution in [1.29, 1.82) is 0 Å². The van der Waals surface area contributed by atoms with E-state index in [0.29, 0.717) is 22.9 Å². The number of carbonyl (C=O) groups is 2. The highest BCUT2D eigenvalue weighted by molar-refractivity contribution is 5.98. The van der Waals surface area contributed by atoms with Gasteiger partial charge < -0.3 is 23.8 Å². The van der Waals surface area contributed by atoms with Gasteiger partial charge in [-0.15, -0.1) is 0 Å². The van der Waals surface area contributed by atoms with E-state index in [-0.39, 0.29) is 31.6 Å². The van der Waals surface area contributed by atoms with Crippen LogP contribution < -0.4 is 19.1 Å². The summed E-state index contributed by atoms with van der Waals surface area (Å²) in [5.74, 6) is 1.34. The van der Waals surface area contributed by atoms with Gasteiger partial charge in [0.1, 0.15) is 5.75 Å². The first-order valence-corrected chi connectivity index (χ1v) is 11.2. The molecule has 0 aromatic heterocycles. The number of methoxy groups -OCH3 is 2. The fourth-order valence-electron chi connectivity index (χ4n) is 4.50. The summed E-state index contributed by atoms with van der Waals surface area (Å²) in [7, 11) is 3.25. The van der Waals surface area contributed by atoms with Crippen molar-refractivity contribution < 1.29 is 28.5 Å². The summed E-state index contributed by atoms with van der Waals surface area (Å²) < 4.78 is 21.9. The van der Waals surface area contributed by atoms with Gasteiger partial charge in [-0.3, -0.25) is 9.69 Å². The summed E-state index contributed by atoms with van der Waals surface area (Å²) in [5, 5.41) is 0. The van der Waals surface area contributed by atoms with Gasteiger partial charge in [0.25, 0.3) is 0 Å². The van der Waals surface area contributed by atoms with Crippen LogP contribution in [-0.2, 0) is 20.7 Å². The normalized spacial score (nSPS) is 19.7. The Kier molecular flexibility index (Phi) is 6.74. The standard InChI is InChI=1S/C25H30N2O6/c1-5-32-25(29)23-14-27(19-8-6-7-9-20(19)33-23)24(28)15-26-11-10-17-12-21(30-3)22(31-4)13-18(17)16(26)2/h6-9,12-13,16,23H,5,10-11,14-15H2,1-4H3. The van der Waals surface area contributed by atoms with Crippen LogP contribution in [0.25, 0.3) is 0 Å². The lowest BCUT2D eigenvalue weighted by Gasteiger charge is -2.38. The molecule has 2 unspecified atom stereocenters. The van der Waals surface area contributed by atoms with Crippen LogP contribution in [0, 0.1) is 0 Å². The van der Waals surface area contributed by atoms with Gasteiger partial charge >= 0.3 is 5.97 Å². The van der Waals surface area contributed by atoms with Crippen molar-refractivity contribution in [3.05, 3.63) is 47.5 Å². The number of benzene rings is 2. The van der Waals surface area contributed by atoms with Gasteiger partial charge in [0.2, 0.25) is 12.0 Å². The van der Waals surface area contributed by atoms with Crippen LogP contribution in [0.4, 0.5) is 5.69 Å². The van der Waals surface area contributed by atoms with Gasteiger partial charge in [-0.2, -0.15) is 0 Å². The van der Waals surface area contributed by atoms with Gasteiger partial charge in [0, 0.05) is 12.6 Å². The molecule has 0 saturated heterocycles. The number of carbonyl (C=O) groups excluding carboxylic acids is 2. The lowest BCUT2D eigenvalue weighted by Crippen LogP contribution is -2.51. The number of esters is 1. The first-order chi connectivity index (χ1) is 16.0. The van der Waals surface area contributed by atoms with E-state index in [9.17, 15) is 9.59 Å². The topological polar surface area (TPSA) is 77.5 Å². The zero-order chi connectivity index (χ0) is 23.5. The summed E-state index contributed by atoms with van der Waals surface area (Å²) in [6.45, 7) is 5.18. The number of para-hydroxylation sites is 2. The monoisotopic (exact) mass is 454 g/mol. The number of fused-ring (bicyclic) bond motifs is 2. The predicted molar refractivity (Wildman–Crippen MR) is 123 cm³/mol. The maximum Gasteiger partial charge on any atom is 0.349 e. The molecule has 0 radical (unpaired) electrons. The second-order valence-electron chi connectivity index (χ2n) is 8.13. The van der Waals surface area contributed by atoms with Crippen LogP contribution in [0.15, 0.2) is 36.4 Å². The summed E-state index contributed by atoms with van der Waals surface area (Å²) in [5.41, 5.74) is 2.99. The van der Waals surface area contributed by atoms with Gasteiger partial charge in [0.05, 0.1) is 39.6 Å². The Balaban J connectivity index is 1.55. The molecule has 8 heteroatoms. The van der Waals surface area contributed by atoms with Crippen molar-refractivity contribution in [2.24, 2.45) is 0 Å². The van der Waals surface area contributed by atoms with E-state index < -0.39 is 12.1 Å². The third-order valence-electron chi connectivity index (χ3n) is 6.27. The van der Waals surface area contributed by atoms with Crippen LogP contribution in [0.3, 0.4) is 0 Å². The van der Waals surface area contributed by atoms with Crippen molar-refractivity contribution in [2.75, 3.05) is 45.4 Å². The predicted octanol–water partition coefficient (Wildman–Crippen LogP) is 2.98. The van der Waals surface area contributed by atoms with E-state index >= 15 is 0 Å². The molecule has 0 bridgehead atoms. The average Bonchev–Trinajstić information content (AvgIpc) is 2.84. The lowest BCUT2D eigenvalue weighted by atomic mass is 9.92. The Labute approximate surface area is 194 Å². The van der Waals surface area contributed by atoms with Gasteiger partial charge in [-0.05, 0) is 55.7 Å². The van der Waals surface area contributed by atoms with Gasteiger partial charge in [-0.25, -0.2) is 4.79 Å². The Bertz CT molecular complexity index is 1040. The van der Waals surface area contributed by atoms with Crippen LogP contribution in [-0.4, -0.2) is 63.3 Å². The molecule has 2 aromatic carbocycles. The fourth-order valence-corrected chi connectivity index (χ4v) is 4.50. The Morgan fingerprint density at radius 2 is 1.85 bits per heavy atom. The SMILES string of the molecule is CCOC(=O)C1CN(C(=O)CN2CCc3cc(OC)c(OC)cc3C2C)c2ccccc2O1. The summed E-state index contributed by atoms with van der Waals surface area (Å²) in [6.07, 6.45) is -0.0432. The molecule has 33 heavy (non-hydrogen) atoms. The smallest absolute Gasteiger partial charge is 0.349 e. The van der Waals surface area contributed by atoms with E-state index in [4.69, 9.17) is 18.9 Å². The molecule has 4 rings (SSSR count). The number of nitrogens with zero attached hydrogens (tertiary/aromatic N) is 2. The third kappa shape index (κ3) is 4.48. The molecule has 8 nitrogen and oxygen atoms in total. The number of ether oxygens (including phenoxy) is 4. The maximum atomic E-state index is 13.5. The zero-order valence-corrected chi connectivity index (χ0v) is 19.5. The van der Waals surface area contributed by atoms with Crippen molar-refractivity contribution in [3.8, 4) is 17.2 Å². The van der Waals surface area contributed by atoms with E-state index in [1.165, 1.54) is 5.56 Å². The van der Waals surface area contributed by atoms with E-state index in [0.717, 1.165) is 18.5 Å². The molecule has 2 aliphatic heterocycles. The number of rotatable bonds is 6. The minimum Gasteiger partial charge on any atom is -0.493 e. The third-order valence-corrected chi connectivity index (χ3v) is 6.27. The molecule has 0 aliphatic carbocycles. The summed E-state index contributed by atoms with van der Waals surface area (Å²) in [6, 6.07) is 11.3. The van der Waals surface area contributed by atoms with Crippen molar-refractivity contribution >= 4 is 17.6 Å². The first kappa shape index (κ1) is 22.9. The highest BCUT2D eigenvalue weighted by Gasteiger charge is 2.36. The quantitative estimate of drug-likeness (QED) is 0.621. The van der Waals surface area contributed by atoms with Crippen LogP contribution in [0.5, 0.6) is 17.2 Å². The Hall–Kier alpha value is -3.26. The molecule has 2 atom stereocenters. The van der Waals surface area contributed by atoms with Gasteiger partial charge in [0.15, 0.2) is 11.5 Å². The molecule has 2 heterocycles. The van der Waals surface area contributed by atoms with E-state index in [2.05, 4.69) is 11.8 Å².